The second-order valence-corrected chi connectivity index (χ2v) is 5.22. The highest BCUT2D eigenvalue weighted by Gasteiger charge is 2.11. The van der Waals surface area contributed by atoms with Crippen LogP contribution in [0.5, 0.6) is 11.5 Å². The summed E-state index contributed by atoms with van der Waals surface area (Å²) in [5, 5.41) is 12.2. The number of methoxy groups -OCH3 is 2. The van der Waals surface area contributed by atoms with Crippen LogP contribution in [-0.4, -0.2) is 19.2 Å². The molecule has 0 spiro atoms. The van der Waals surface area contributed by atoms with Gasteiger partial charge in [-0.2, -0.15) is 10.2 Å². The van der Waals surface area contributed by atoms with Crippen molar-refractivity contribution in [2.45, 2.75) is 6.54 Å². The topological polar surface area (TPSA) is 93.5 Å². The monoisotopic (exact) mass is 351 g/mol. The van der Waals surface area contributed by atoms with Gasteiger partial charge in [0, 0.05) is 6.08 Å². The van der Waals surface area contributed by atoms with Crippen LogP contribution in [0.15, 0.2) is 45.4 Å². The summed E-state index contributed by atoms with van der Waals surface area (Å²) in [4.78, 5) is 4.16. The molecule has 26 heavy (non-hydrogen) atoms. The van der Waals surface area contributed by atoms with Crippen molar-refractivity contribution < 1.29 is 18.3 Å². The molecule has 0 fully saturated rings. The van der Waals surface area contributed by atoms with Crippen LogP contribution in [-0.2, 0) is 6.54 Å². The second kappa shape index (κ2) is 7.94. The number of rotatable bonds is 7. The molecule has 132 valence electrons. The van der Waals surface area contributed by atoms with Gasteiger partial charge in [0.2, 0.25) is 17.5 Å². The molecule has 0 unspecified atom stereocenters. The van der Waals surface area contributed by atoms with Gasteiger partial charge in [0.15, 0.2) is 11.5 Å². The Morgan fingerprint density at radius 1 is 1.19 bits per heavy atom. The van der Waals surface area contributed by atoms with Crippen LogP contribution >= 0.6 is 0 Å². The molecule has 0 aliphatic rings. The molecule has 0 aliphatic carbocycles. The van der Waals surface area contributed by atoms with E-state index in [1.165, 1.54) is 0 Å². The quantitative estimate of drug-likeness (QED) is 0.689. The van der Waals surface area contributed by atoms with Crippen LogP contribution in [0.1, 0.15) is 22.9 Å². The zero-order chi connectivity index (χ0) is 18.4. The average Bonchev–Trinajstić information content (AvgIpc) is 3.33. The number of oxazole rings is 1. The highest BCUT2D eigenvalue weighted by molar-refractivity contribution is 5.68. The number of aromatic nitrogens is 1. The molecule has 3 aromatic rings. The number of hydrogen-bond donors (Lipinski definition) is 1. The van der Waals surface area contributed by atoms with Crippen LogP contribution < -0.4 is 14.8 Å². The number of nitriles is 1. The van der Waals surface area contributed by atoms with Crippen LogP contribution in [0.25, 0.3) is 12.2 Å². The van der Waals surface area contributed by atoms with Crippen LogP contribution in [0.2, 0.25) is 0 Å². The smallest absolute Gasteiger partial charge is 0.232 e. The molecule has 1 aromatic carbocycles. The molecule has 1 N–H and O–H groups in total. The van der Waals surface area contributed by atoms with Gasteiger partial charge in [0.1, 0.15) is 11.8 Å². The fraction of sp³-hybridized carbons (Fsp3) is 0.158. The van der Waals surface area contributed by atoms with E-state index in [-0.39, 0.29) is 5.69 Å². The van der Waals surface area contributed by atoms with E-state index in [1.54, 1.807) is 32.6 Å². The molecule has 2 heterocycles. The van der Waals surface area contributed by atoms with Crippen molar-refractivity contribution in [2.24, 2.45) is 0 Å². The molecule has 3 rings (SSSR count). The molecular weight excluding hydrogens is 334 g/mol. The van der Waals surface area contributed by atoms with E-state index in [4.69, 9.17) is 18.3 Å². The summed E-state index contributed by atoms with van der Waals surface area (Å²) >= 11 is 0. The Hall–Kier alpha value is -3.66. The normalized spacial score (nSPS) is 10.7. The Labute approximate surface area is 150 Å². The van der Waals surface area contributed by atoms with Crippen LogP contribution in [0.3, 0.4) is 0 Å². The maximum atomic E-state index is 9.21. The Balaban J connectivity index is 1.75. The molecule has 0 radical (unpaired) electrons. The van der Waals surface area contributed by atoms with Crippen molar-refractivity contribution in [1.29, 1.82) is 5.26 Å². The lowest BCUT2D eigenvalue weighted by Gasteiger charge is -2.07. The standard InChI is InChI=1S/C19H17N3O4/c1-23-16-7-5-13(10-17(16)24-2)6-8-18-22-15(11-20)19(26-18)21-12-14-4-3-9-25-14/h3-10,21H,12H2,1-2H3. The summed E-state index contributed by atoms with van der Waals surface area (Å²) in [5.41, 5.74) is 1.06. The number of anilines is 1. The Morgan fingerprint density at radius 3 is 2.73 bits per heavy atom. The SMILES string of the molecule is COc1ccc(C=Cc2nc(C#N)c(NCc3ccco3)o2)cc1OC. The Morgan fingerprint density at radius 2 is 2.04 bits per heavy atom. The van der Waals surface area contributed by atoms with Crippen LogP contribution in [0.4, 0.5) is 5.88 Å². The summed E-state index contributed by atoms with van der Waals surface area (Å²) < 4.78 is 21.3. The van der Waals surface area contributed by atoms with Gasteiger partial charge in [-0.1, -0.05) is 6.07 Å². The Bertz CT molecular complexity index is 936. The number of benzene rings is 1. The first kappa shape index (κ1) is 17.2. The van der Waals surface area contributed by atoms with E-state index in [9.17, 15) is 5.26 Å². The van der Waals surface area contributed by atoms with Gasteiger partial charge in [0.05, 0.1) is 27.0 Å². The largest absolute Gasteiger partial charge is 0.493 e. The molecule has 0 aliphatic heterocycles. The van der Waals surface area contributed by atoms with Crippen molar-refractivity contribution >= 4 is 18.0 Å². The fourth-order valence-corrected chi connectivity index (χ4v) is 2.31. The van der Waals surface area contributed by atoms with Gasteiger partial charge in [0.25, 0.3) is 0 Å². The fourth-order valence-electron chi connectivity index (χ4n) is 2.31. The van der Waals surface area contributed by atoms with Crippen molar-refractivity contribution in [3.05, 3.63) is 59.5 Å². The third-order valence-electron chi connectivity index (χ3n) is 3.58. The third kappa shape index (κ3) is 3.87. The van der Waals surface area contributed by atoms with E-state index in [0.29, 0.717) is 29.8 Å². The first-order valence-electron chi connectivity index (χ1n) is 7.80. The first-order chi connectivity index (χ1) is 12.7. The lowest BCUT2D eigenvalue weighted by Crippen LogP contribution is -1.98. The maximum absolute atomic E-state index is 9.21. The van der Waals surface area contributed by atoms with Gasteiger partial charge in [-0.05, 0) is 35.9 Å². The molecule has 7 heteroatoms. The van der Waals surface area contributed by atoms with Crippen molar-refractivity contribution in [3.8, 4) is 17.6 Å². The third-order valence-corrected chi connectivity index (χ3v) is 3.58. The summed E-state index contributed by atoms with van der Waals surface area (Å²) in [7, 11) is 3.16. The van der Waals surface area contributed by atoms with E-state index in [0.717, 1.165) is 11.3 Å². The summed E-state index contributed by atoms with van der Waals surface area (Å²) in [6.07, 6.45) is 5.07. The van der Waals surface area contributed by atoms with E-state index in [1.807, 2.05) is 36.4 Å². The van der Waals surface area contributed by atoms with E-state index in [2.05, 4.69) is 10.3 Å². The van der Waals surface area contributed by atoms with E-state index < -0.39 is 0 Å². The predicted molar refractivity (Wildman–Crippen MR) is 95.7 cm³/mol. The highest BCUT2D eigenvalue weighted by Crippen LogP contribution is 2.28. The maximum Gasteiger partial charge on any atom is 0.232 e. The molecular formula is C19H17N3O4. The summed E-state index contributed by atoms with van der Waals surface area (Å²) in [6.45, 7) is 0.399. The lowest BCUT2D eigenvalue weighted by molar-refractivity contribution is 0.355. The number of ether oxygens (including phenoxy) is 2. The zero-order valence-electron chi connectivity index (χ0n) is 14.4. The number of furan rings is 1. The first-order valence-corrected chi connectivity index (χ1v) is 7.80. The molecule has 0 amide bonds. The van der Waals surface area contributed by atoms with Gasteiger partial charge >= 0.3 is 0 Å². The second-order valence-electron chi connectivity index (χ2n) is 5.22. The molecule has 0 saturated heterocycles. The van der Waals surface area contributed by atoms with E-state index >= 15 is 0 Å². The van der Waals surface area contributed by atoms with Crippen molar-refractivity contribution in [3.63, 3.8) is 0 Å². The molecule has 2 aromatic heterocycles. The molecule has 7 nitrogen and oxygen atoms in total. The number of nitrogens with zero attached hydrogens (tertiary/aromatic N) is 2. The predicted octanol–water partition coefficient (Wildman–Crippen LogP) is 3.94. The van der Waals surface area contributed by atoms with Crippen molar-refractivity contribution in [2.75, 3.05) is 19.5 Å². The summed E-state index contributed by atoms with van der Waals surface area (Å²) in [5.74, 6) is 2.62. The lowest BCUT2D eigenvalue weighted by atomic mass is 10.2. The summed E-state index contributed by atoms with van der Waals surface area (Å²) in [6, 6.07) is 11.1. The minimum atomic E-state index is 0.184. The average molecular weight is 351 g/mol. The number of nitrogens with one attached hydrogen (secondary N) is 1. The van der Waals surface area contributed by atoms with Gasteiger partial charge < -0.3 is 23.6 Å². The molecule has 0 bridgehead atoms. The zero-order valence-corrected chi connectivity index (χ0v) is 14.4. The van der Waals surface area contributed by atoms with Gasteiger partial charge in [-0.15, -0.1) is 0 Å². The minimum absolute atomic E-state index is 0.184. The molecule has 0 saturated carbocycles. The van der Waals surface area contributed by atoms with Crippen molar-refractivity contribution in [1.82, 2.24) is 4.98 Å². The Kier molecular flexibility index (Phi) is 5.25. The van der Waals surface area contributed by atoms with Crippen LogP contribution in [0, 0.1) is 11.3 Å². The van der Waals surface area contributed by atoms with Gasteiger partial charge in [-0.25, -0.2) is 0 Å². The minimum Gasteiger partial charge on any atom is -0.493 e. The number of hydrogen-bond acceptors (Lipinski definition) is 7. The molecule has 0 atom stereocenters. The highest BCUT2D eigenvalue weighted by atomic mass is 16.5. The van der Waals surface area contributed by atoms with Gasteiger partial charge in [-0.3, -0.25) is 0 Å².